The normalized spacial score (nSPS) is 18.6. The number of amides is 1. The SMILES string of the molecule is CC(=C1C(=O)Nc2ccccc21)c1cc(N2CCCC2)ccc1Cl. The van der Waals surface area contributed by atoms with Gasteiger partial charge in [0.1, 0.15) is 0 Å². The summed E-state index contributed by atoms with van der Waals surface area (Å²) in [5.41, 5.74) is 5.56. The molecule has 2 aromatic carbocycles. The molecule has 2 aromatic rings. The maximum atomic E-state index is 12.5. The average molecular weight is 339 g/mol. The van der Waals surface area contributed by atoms with Crippen LogP contribution < -0.4 is 10.2 Å². The smallest absolute Gasteiger partial charge is 0.256 e. The van der Waals surface area contributed by atoms with Crippen LogP contribution in [0.2, 0.25) is 5.02 Å². The summed E-state index contributed by atoms with van der Waals surface area (Å²) in [6, 6.07) is 13.9. The Hall–Kier alpha value is -2.26. The summed E-state index contributed by atoms with van der Waals surface area (Å²) in [6.45, 7) is 4.14. The minimum Gasteiger partial charge on any atom is -0.372 e. The molecule has 0 unspecified atom stereocenters. The number of carbonyl (C=O) groups excluding carboxylic acids is 1. The third kappa shape index (κ3) is 2.49. The minimum absolute atomic E-state index is 0.0589. The van der Waals surface area contributed by atoms with E-state index in [0.717, 1.165) is 35.5 Å². The fourth-order valence-electron chi connectivity index (χ4n) is 3.60. The third-order valence-corrected chi connectivity index (χ3v) is 5.20. The van der Waals surface area contributed by atoms with Gasteiger partial charge in [0.25, 0.3) is 5.91 Å². The average Bonchev–Trinajstić information content (AvgIpc) is 3.21. The fourth-order valence-corrected chi connectivity index (χ4v) is 3.86. The summed E-state index contributed by atoms with van der Waals surface area (Å²) in [6.07, 6.45) is 2.46. The summed E-state index contributed by atoms with van der Waals surface area (Å²) in [4.78, 5) is 14.9. The molecule has 0 aromatic heterocycles. The van der Waals surface area contributed by atoms with E-state index in [9.17, 15) is 4.79 Å². The number of hydrogen-bond acceptors (Lipinski definition) is 2. The van der Waals surface area contributed by atoms with Crippen molar-refractivity contribution in [3.05, 3.63) is 58.6 Å². The Morgan fingerprint density at radius 3 is 2.67 bits per heavy atom. The summed E-state index contributed by atoms with van der Waals surface area (Å²) in [5.74, 6) is -0.0589. The van der Waals surface area contributed by atoms with Crippen LogP contribution in [0.25, 0.3) is 11.1 Å². The number of anilines is 2. The Kier molecular flexibility index (Phi) is 3.81. The zero-order chi connectivity index (χ0) is 16.7. The minimum atomic E-state index is -0.0589. The van der Waals surface area contributed by atoms with E-state index in [1.807, 2.05) is 37.3 Å². The number of para-hydroxylation sites is 1. The lowest BCUT2D eigenvalue weighted by molar-refractivity contribution is -0.110. The molecule has 2 aliphatic heterocycles. The Bertz CT molecular complexity index is 850. The number of rotatable bonds is 2. The zero-order valence-corrected chi connectivity index (χ0v) is 14.4. The number of halogens is 1. The highest BCUT2D eigenvalue weighted by atomic mass is 35.5. The lowest BCUT2D eigenvalue weighted by atomic mass is 9.96. The van der Waals surface area contributed by atoms with Crippen molar-refractivity contribution < 1.29 is 4.79 Å². The highest BCUT2D eigenvalue weighted by Gasteiger charge is 2.27. The molecule has 24 heavy (non-hydrogen) atoms. The number of allylic oxidation sites excluding steroid dienone is 1. The van der Waals surface area contributed by atoms with Crippen LogP contribution in [-0.4, -0.2) is 19.0 Å². The monoisotopic (exact) mass is 338 g/mol. The zero-order valence-electron chi connectivity index (χ0n) is 13.6. The lowest BCUT2D eigenvalue weighted by Crippen LogP contribution is -2.17. The molecule has 2 heterocycles. The Morgan fingerprint density at radius 1 is 1.12 bits per heavy atom. The van der Waals surface area contributed by atoms with E-state index in [0.29, 0.717) is 10.6 Å². The number of nitrogens with one attached hydrogen (secondary N) is 1. The number of nitrogens with zero attached hydrogens (tertiary/aromatic N) is 1. The van der Waals surface area contributed by atoms with Crippen molar-refractivity contribution >= 4 is 40.0 Å². The molecule has 3 nitrogen and oxygen atoms in total. The van der Waals surface area contributed by atoms with Gasteiger partial charge in [0.15, 0.2) is 0 Å². The number of carbonyl (C=O) groups is 1. The molecule has 122 valence electrons. The molecule has 1 fully saturated rings. The van der Waals surface area contributed by atoms with Gasteiger partial charge in [-0.05, 0) is 55.2 Å². The first kappa shape index (κ1) is 15.3. The Morgan fingerprint density at radius 2 is 1.88 bits per heavy atom. The molecule has 1 amide bonds. The van der Waals surface area contributed by atoms with Crippen LogP contribution in [0.5, 0.6) is 0 Å². The van der Waals surface area contributed by atoms with Gasteiger partial charge in [0.05, 0.1) is 5.57 Å². The predicted molar refractivity (Wildman–Crippen MR) is 100 cm³/mol. The summed E-state index contributed by atoms with van der Waals surface area (Å²) in [7, 11) is 0. The molecule has 1 saturated heterocycles. The number of fused-ring (bicyclic) bond motifs is 1. The number of hydrogen-bond donors (Lipinski definition) is 1. The van der Waals surface area contributed by atoms with Gasteiger partial charge >= 0.3 is 0 Å². The van der Waals surface area contributed by atoms with E-state index in [-0.39, 0.29) is 5.91 Å². The third-order valence-electron chi connectivity index (χ3n) is 4.87. The summed E-state index contributed by atoms with van der Waals surface area (Å²) < 4.78 is 0. The molecule has 4 heteroatoms. The van der Waals surface area contributed by atoms with Crippen LogP contribution in [0.1, 0.15) is 30.9 Å². The summed E-state index contributed by atoms with van der Waals surface area (Å²) in [5, 5.41) is 3.62. The molecule has 0 bridgehead atoms. The van der Waals surface area contributed by atoms with Gasteiger partial charge in [-0.3, -0.25) is 4.79 Å². The molecule has 1 N–H and O–H groups in total. The van der Waals surface area contributed by atoms with Crippen molar-refractivity contribution in [3.63, 3.8) is 0 Å². The van der Waals surface area contributed by atoms with Crippen LogP contribution in [0.3, 0.4) is 0 Å². The van der Waals surface area contributed by atoms with E-state index in [4.69, 9.17) is 11.6 Å². The topological polar surface area (TPSA) is 32.3 Å². The van der Waals surface area contributed by atoms with E-state index in [1.54, 1.807) is 0 Å². The fraction of sp³-hybridized carbons (Fsp3) is 0.250. The maximum Gasteiger partial charge on any atom is 0.256 e. The van der Waals surface area contributed by atoms with Gasteiger partial charge in [0.2, 0.25) is 0 Å². The van der Waals surface area contributed by atoms with Crippen LogP contribution in [-0.2, 0) is 4.79 Å². The van der Waals surface area contributed by atoms with Gasteiger partial charge in [-0.25, -0.2) is 0 Å². The quantitative estimate of drug-likeness (QED) is 0.796. The van der Waals surface area contributed by atoms with Crippen LogP contribution in [0.4, 0.5) is 11.4 Å². The Labute approximate surface area is 146 Å². The molecular weight excluding hydrogens is 320 g/mol. The molecule has 4 rings (SSSR count). The van der Waals surface area contributed by atoms with E-state index in [2.05, 4.69) is 22.3 Å². The van der Waals surface area contributed by atoms with Gasteiger partial charge in [-0.15, -0.1) is 0 Å². The first-order valence-corrected chi connectivity index (χ1v) is 8.69. The molecular formula is C20H19ClN2O. The second kappa shape index (κ2) is 5.99. The largest absolute Gasteiger partial charge is 0.372 e. The van der Waals surface area contributed by atoms with Crippen molar-refractivity contribution in [2.45, 2.75) is 19.8 Å². The molecule has 0 aliphatic carbocycles. The first-order chi connectivity index (χ1) is 11.6. The van der Waals surface area contributed by atoms with Crippen LogP contribution >= 0.6 is 11.6 Å². The van der Waals surface area contributed by atoms with Gasteiger partial charge in [0, 0.05) is 35.1 Å². The van der Waals surface area contributed by atoms with Gasteiger partial charge < -0.3 is 10.2 Å². The predicted octanol–water partition coefficient (Wildman–Crippen LogP) is 4.82. The number of benzene rings is 2. The standard InChI is InChI=1S/C20H19ClN2O/c1-13(19-15-6-2-3-7-18(15)22-20(19)24)16-12-14(8-9-17(16)21)23-10-4-5-11-23/h2-3,6-9,12H,4-5,10-11H2,1H3,(H,22,24). The van der Waals surface area contributed by atoms with Gasteiger partial charge in [-0.1, -0.05) is 29.8 Å². The first-order valence-electron chi connectivity index (χ1n) is 8.31. The van der Waals surface area contributed by atoms with Crippen molar-refractivity contribution in [1.29, 1.82) is 0 Å². The van der Waals surface area contributed by atoms with E-state index < -0.39 is 0 Å². The van der Waals surface area contributed by atoms with Gasteiger partial charge in [-0.2, -0.15) is 0 Å². The van der Waals surface area contributed by atoms with Crippen molar-refractivity contribution in [2.24, 2.45) is 0 Å². The molecule has 0 spiro atoms. The second-order valence-electron chi connectivity index (χ2n) is 6.36. The van der Waals surface area contributed by atoms with Crippen LogP contribution in [0.15, 0.2) is 42.5 Å². The maximum absolute atomic E-state index is 12.5. The van der Waals surface area contributed by atoms with Crippen molar-refractivity contribution in [3.8, 4) is 0 Å². The van der Waals surface area contributed by atoms with Crippen molar-refractivity contribution in [1.82, 2.24) is 0 Å². The highest BCUT2D eigenvalue weighted by molar-refractivity contribution is 6.38. The summed E-state index contributed by atoms with van der Waals surface area (Å²) >= 11 is 6.47. The van der Waals surface area contributed by atoms with Crippen molar-refractivity contribution in [2.75, 3.05) is 23.3 Å². The second-order valence-corrected chi connectivity index (χ2v) is 6.77. The molecule has 2 aliphatic rings. The van der Waals surface area contributed by atoms with Crippen LogP contribution in [0, 0.1) is 0 Å². The van der Waals surface area contributed by atoms with E-state index >= 15 is 0 Å². The van der Waals surface area contributed by atoms with E-state index in [1.165, 1.54) is 18.5 Å². The highest BCUT2D eigenvalue weighted by Crippen LogP contribution is 2.39. The molecule has 0 atom stereocenters. The molecule has 0 radical (unpaired) electrons. The lowest BCUT2D eigenvalue weighted by Gasteiger charge is -2.19. The molecule has 0 saturated carbocycles. The Balaban J connectivity index is 1.83.